The number of para-hydroxylation sites is 1. The molecule has 4 nitrogen and oxygen atoms in total. The van der Waals surface area contributed by atoms with Crippen molar-refractivity contribution in [3.8, 4) is 0 Å². The van der Waals surface area contributed by atoms with Gasteiger partial charge in [-0.2, -0.15) is 0 Å². The Morgan fingerprint density at radius 1 is 0.957 bits per heavy atom. The Morgan fingerprint density at radius 2 is 1.57 bits per heavy atom. The molecule has 1 unspecified atom stereocenters. The molecule has 0 heterocycles. The second kappa shape index (κ2) is 7.54. The zero-order valence-corrected chi connectivity index (χ0v) is 13.0. The molecule has 0 aromatic heterocycles. The van der Waals surface area contributed by atoms with Gasteiger partial charge < -0.3 is 10.6 Å². The fraction of sp³-hybridized carbons (Fsp3) is 0.222. The first kappa shape index (κ1) is 16.7. The van der Waals surface area contributed by atoms with Crippen LogP contribution in [0.5, 0.6) is 0 Å². The van der Waals surface area contributed by atoms with Gasteiger partial charge in [-0.15, -0.1) is 0 Å². The van der Waals surface area contributed by atoms with Crippen LogP contribution in [0.15, 0.2) is 54.6 Å². The van der Waals surface area contributed by atoms with Crippen molar-refractivity contribution in [1.29, 1.82) is 0 Å². The van der Waals surface area contributed by atoms with Crippen LogP contribution in [0, 0.1) is 11.7 Å². The Bertz CT molecular complexity index is 686. The number of anilines is 1. The first-order chi connectivity index (χ1) is 11.0. The van der Waals surface area contributed by atoms with Crippen molar-refractivity contribution in [3.63, 3.8) is 0 Å². The maximum absolute atomic E-state index is 13.7. The molecule has 0 radical (unpaired) electrons. The van der Waals surface area contributed by atoms with Crippen LogP contribution in [0.2, 0.25) is 0 Å². The highest BCUT2D eigenvalue weighted by Gasteiger charge is 2.25. The molecule has 2 amide bonds. The van der Waals surface area contributed by atoms with E-state index < -0.39 is 17.8 Å². The van der Waals surface area contributed by atoms with Crippen LogP contribution in [-0.2, 0) is 4.79 Å². The van der Waals surface area contributed by atoms with Crippen molar-refractivity contribution >= 4 is 17.5 Å². The molecule has 2 aromatic carbocycles. The highest BCUT2D eigenvalue weighted by Crippen LogP contribution is 2.11. The van der Waals surface area contributed by atoms with E-state index in [1.54, 1.807) is 30.3 Å². The third-order valence-electron chi connectivity index (χ3n) is 3.40. The first-order valence-electron chi connectivity index (χ1n) is 7.40. The smallest absolute Gasteiger partial charge is 0.254 e. The maximum Gasteiger partial charge on any atom is 0.254 e. The number of amides is 2. The molecular weight excluding hydrogens is 295 g/mol. The summed E-state index contributed by atoms with van der Waals surface area (Å²) in [6.45, 7) is 3.63. The summed E-state index contributed by atoms with van der Waals surface area (Å²) >= 11 is 0. The zero-order valence-electron chi connectivity index (χ0n) is 13.0. The van der Waals surface area contributed by atoms with Gasteiger partial charge in [0.2, 0.25) is 5.91 Å². The number of halogens is 1. The highest BCUT2D eigenvalue weighted by atomic mass is 19.1. The molecule has 0 saturated carbocycles. The van der Waals surface area contributed by atoms with E-state index in [0.29, 0.717) is 5.69 Å². The third kappa shape index (κ3) is 4.39. The normalized spacial score (nSPS) is 11.8. The summed E-state index contributed by atoms with van der Waals surface area (Å²) < 4.78 is 13.7. The molecule has 23 heavy (non-hydrogen) atoms. The summed E-state index contributed by atoms with van der Waals surface area (Å²) in [4.78, 5) is 24.6. The van der Waals surface area contributed by atoms with E-state index in [1.807, 2.05) is 19.9 Å². The molecule has 0 aliphatic heterocycles. The summed E-state index contributed by atoms with van der Waals surface area (Å²) in [5, 5.41) is 5.35. The van der Waals surface area contributed by atoms with Crippen molar-refractivity contribution in [2.75, 3.05) is 5.32 Å². The topological polar surface area (TPSA) is 58.2 Å². The number of carbonyl (C=O) groups excluding carboxylic acids is 2. The lowest BCUT2D eigenvalue weighted by atomic mass is 10.0. The summed E-state index contributed by atoms with van der Waals surface area (Å²) in [6.07, 6.45) is 0. The van der Waals surface area contributed by atoms with Crippen LogP contribution in [0.3, 0.4) is 0 Å². The Balaban J connectivity index is 2.11. The molecule has 5 heteroatoms. The van der Waals surface area contributed by atoms with Crippen molar-refractivity contribution in [1.82, 2.24) is 5.32 Å². The predicted molar refractivity (Wildman–Crippen MR) is 87.6 cm³/mol. The fourth-order valence-corrected chi connectivity index (χ4v) is 2.14. The first-order valence-corrected chi connectivity index (χ1v) is 7.40. The molecule has 2 aromatic rings. The van der Waals surface area contributed by atoms with Crippen LogP contribution < -0.4 is 10.6 Å². The maximum atomic E-state index is 13.7. The molecule has 0 saturated heterocycles. The molecule has 1 atom stereocenters. The van der Waals surface area contributed by atoms with E-state index in [4.69, 9.17) is 0 Å². The van der Waals surface area contributed by atoms with Gasteiger partial charge in [0.15, 0.2) is 0 Å². The van der Waals surface area contributed by atoms with Crippen molar-refractivity contribution in [2.45, 2.75) is 19.9 Å². The summed E-state index contributed by atoms with van der Waals surface area (Å²) in [6, 6.07) is 13.9. The zero-order chi connectivity index (χ0) is 16.8. The van der Waals surface area contributed by atoms with E-state index in [1.165, 1.54) is 18.2 Å². The summed E-state index contributed by atoms with van der Waals surface area (Å²) in [5.74, 6) is -1.70. The van der Waals surface area contributed by atoms with Gasteiger partial charge >= 0.3 is 0 Å². The number of hydrogen-bond acceptors (Lipinski definition) is 2. The Labute approximate surface area is 134 Å². The molecule has 0 aliphatic carbocycles. The van der Waals surface area contributed by atoms with Gasteiger partial charge in [0.25, 0.3) is 5.91 Å². The Kier molecular flexibility index (Phi) is 5.46. The lowest BCUT2D eigenvalue weighted by molar-refractivity contribution is -0.118. The van der Waals surface area contributed by atoms with Gasteiger partial charge in [-0.3, -0.25) is 9.59 Å². The lowest BCUT2D eigenvalue weighted by Gasteiger charge is -2.22. The van der Waals surface area contributed by atoms with Gasteiger partial charge in [-0.25, -0.2) is 4.39 Å². The van der Waals surface area contributed by atoms with Crippen LogP contribution in [-0.4, -0.2) is 17.9 Å². The Morgan fingerprint density at radius 3 is 2.17 bits per heavy atom. The average Bonchev–Trinajstić information content (AvgIpc) is 2.53. The van der Waals surface area contributed by atoms with E-state index >= 15 is 0 Å². The molecule has 2 rings (SSSR count). The third-order valence-corrected chi connectivity index (χ3v) is 3.40. The number of carbonyl (C=O) groups is 2. The molecule has 0 fully saturated rings. The van der Waals surface area contributed by atoms with E-state index in [9.17, 15) is 14.0 Å². The monoisotopic (exact) mass is 314 g/mol. The minimum Gasteiger partial charge on any atom is -0.340 e. The van der Waals surface area contributed by atoms with Crippen LogP contribution in [0.25, 0.3) is 0 Å². The van der Waals surface area contributed by atoms with Crippen LogP contribution in [0.4, 0.5) is 10.1 Å². The standard InChI is InChI=1S/C18H19FN2O2/c1-12(2)16(18(23)20-13-8-4-3-5-9-13)21-17(22)14-10-6-7-11-15(14)19/h3-12,16H,1-2H3,(H,20,23)(H,21,22). The summed E-state index contributed by atoms with van der Waals surface area (Å²) in [7, 11) is 0. The molecule has 0 bridgehead atoms. The molecule has 0 spiro atoms. The fourth-order valence-electron chi connectivity index (χ4n) is 2.14. The second-order valence-corrected chi connectivity index (χ2v) is 5.53. The van der Waals surface area contributed by atoms with Gasteiger partial charge in [0.05, 0.1) is 5.56 Å². The quantitative estimate of drug-likeness (QED) is 0.890. The lowest BCUT2D eigenvalue weighted by Crippen LogP contribution is -2.47. The van der Waals surface area contributed by atoms with Crippen molar-refractivity contribution in [2.24, 2.45) is 5.92 Å². The largest absolute Gasteiger partial charge is 0.340 e. The van der Waals surface area contributed by atoms with Gasteiger partial charge in [0.1, 0.15) is 11.9 Å². The molecule has 0 aliphatic rings. The molecule has 120 valence electrons. The van der Waals surface area contributed by atoms with Crippen LogP contribution in [0.1, 0.15) is 24.2 Å². The van der Waals surface area contributed by atoms with Crippen molar-refractivity contribution in [3.05, 3.63) is 66.0 Å². The second-order valence-electron chi connectivity index (χ2n) is 5.53. The van der Waals surface area contributed by atoms with Crippen LogP contribution >= 0.6 is 0 Å². The van der Waals surface area contributed by atoms with Gasteiger partial charge in [-0.05, 0) is 30.2 Å². The Hall–Kier alpha value is -2.69. The summed E-state index contributed by atoms with van der Waals surface area (Å²) in [5.41, 5.74) is 0.564. The number of rotatable bonds is 5. The highest BCUT2D eigenvalue weighted by molar-refractivity contribution is 6.01. The average molecular weight is 314 g/mol. The molecule has 2 N–H and O–H groups in total. The number of hydrogen-bond donors (Lipinski definition) is 2. The van der Waals surface area contributed by atoms with E-state index in [2.05, 4.69) is 10.6 Å². The minimum atomic E-state index is -0.762. The number of benzene rings is 2. The van der Waals surface area contributed by atoms with Gasteiger partial charge in [-0.1, -0.05) is 44.2 Å². The van der Waals surface area contributed by atoms with Gasteiger partial charge in [0, 0.05) is 5.69 Å². The van der Waals surface area contributed by atoms with E-state index in [0.717, 1.165) is 0 Å². The SMILES string of the molecule is CC(C)C(NC(=O)c1ccccc1F)C(=O)Nc1ccccc1. The predicted octanol–water partition coefficient (Wildman–Crippen LogP) is 3.22. The van der Waals surface area contributed by atoms with Crippen molar-refractivity contribution < 1.29 is 14.0 Å². The molecular formula is C18H19FN2O2. The number of nitrogens with one attached hydrogen (secondary N) is 2. The van der Waals surface area contributed by atoms with E-state index in [-0.39, 0.29) is 17.4 Å². The minimum absolute atomic E-state index is 0.0781.